The van der Waals surface area contributed by atoms with Crippen molar-refractivity contribution in [3.05, 3.63) is 45.4 Å². The summed E-state index contributed by atoms with van der Waals surface area (Å²) in [4.78, 5) is 17.0. The van der Waals surface area contributed by atoms with Gasteiger partial charge in [-0.1, -0.05) is 0 Å². The minimum Gasteiger partial charge on any atom is -0.493 e. The number of benzene rings is 2. The van der Waals surface area contributed by atoms with Gasteiger partial charge < -0.3 is 14.8 Å². The number of hydrogen-bond acceptors (Lipinski definition) is 5. The molecular weight excluding hydrogens is 404 g/mol. The minimum atomic E-state index is -0.220. The van der Waals surface area contributed by atoms with Crippen LogP contribution in [-0.2, 0) is 0 Å². The minimum absolute atomic E-state index is 0.220. The summed E-state index contributed by atoms with van der Waals surface area (Å²) >= 11 is 5.04. The average Bonchev–Trinajstić information content (AvgIpc) is 2.95. The molecule has 7 heteroatoms. The molecule has 0 atom stereocenters. The predicted molar refractivity (Wildman–Crippen MR) is 104 cm³/mol. The van der Waals surface area contributed by atoms with Gasteiger partial charge in [-0.25, -0.2) is 4.98 Å². The van der Waals surface area contributed by atoms with Crippen LogP contribution in [0.4, 0.5) is 5.69 Å². The molecule has 1 amide bonds. The highest BCUT2D eigenvalue weighted by atomic mass is 79.9. The molecule has 1 aromatic heterocycles. The Morgan fingerprint density at radius 3 is 2.84 bits per heavy atom. The van der Waals surface area contributed by atoms with Crippen LogP contribution in [0.1, 0.15) is 22.3 Å². The van der Waals surface area contributed by atoms with Crippen LogP contribution < -0.4 is 14.8 Å². The van der Waals surface area contributed by atoms with Crippen LogP contribution in [0.15, 0.2) is 34.8 Å². The first kappa shape index (κ1) is 17.7. The van der Waals surface area contributed by atoms with Crippen molar-refractivity contribution >= 4 is 49.1 Å². The highest BCUT2D eigenvalue weighted by molar-refractivity contribution is 9.10. The Hall–Kier alpha value is -2.12. The Bertz CT molecular complexity index is 939. The number of fused-ring (bicyclic) bond motifs is 1. The highest BCUT2D eigenvalue weighted by Gasteiger charge is 2.16. The first-order chi connectivity index (χ1) is 12.0. The van der Waals surface area contributed by atoms with E-state index < -0.39 is 0 Å². The third-order valence-corrected chi connectivity index (χ3v) is 5.06. The molecule has 0 aliphatic rings. The summed E-state index contributed by atoms with van der Waals surface area (Å²) in [5.74, 6) is 0.876. The van der Waals surface area contributed by atoms with E-state index in [9.17, 15) is 4.79 Å². The first-order valence-electron chi connectivity index (χ1n) is 7.70. The Morgan fingerprint density at radius 1 is 1.32 bits per heavy atom. The number of aromatic nitrogens is 1. The summed E-state index contributed by atoms with van der Waals surface area (Å²) < 4.78 is 12.6. The zero-order valence-electron chi connectivity index (χ0n) is 14.1. The van der Waals surface area contributed by atoms with Crippen molar-refractivity contribution in [2.75, 3.05) is 19.0 Å². The molecule has 0 radical (unpaired) electrons. The zero-order valence-corrected chi connectivity index (χ0v) is 16.5. The Kier molecular flexibility index (Phi) is 5.24. The van der Waals surface area contributed by atoms with Gasteiger partial charge in [0.25, 0.3) is 5.91 Å². The number of amides is 1. The Balaban J connectivity index is 1.87. The van der Waals surface area contributed by atoms with Crippen molar-refractivity contribution in [2.24, 2.45) is 0 Å². The first-order valence-corrected chi connectivity index (χ1v) is 9.31. The molecule has 0 unspecified atom stereocenters. The van der Waals surface area contributed by atoms with Gasteiger partial charge in [-0.15, -0.1) is 11.3 Å². The Morgan fingerprint density at radius 2 is 2.12 bits per heavy atom. The molecule has 0 saturated heterocycles. The van der Waals surface area contributed by atoms with Crippen LogP contribution in [0.5, 0.6) is 11.5 Å². The number of nitrogens with zero attached hydrogens (tertiary/aromatic N) is 1. The number of hydrogen-bond donors (Lipinski definition) is 1. The van der Waals surface area contributed by atoms with E-state index in [0.717, 1.165) is 20.9 Å². The number of anilines is 1. The Labute approximate surface area is 158 Å². The lowest BCUT2D eigenvalue weighted by Crippen LogP contribution is -2.12. The van der Waals surface area contributed by atoms with E-state index in [4.69, 9.17) is 9.47 Å². The number of halogens is 1. The van der Waals surface area contributed by atoms with Crippen molar-refractivity contribution in [3.8, 4) is 11.5 Å². The van der Waals surface area contributed by atoms with Gasteiger partial charge in [-0.05, 0) is 60.1 Å². The fourth-order valence-corrected chi connectivity index (χ4v) is 3.88. The van der Waals surface area contributed by atoms with Gasteiger partial charge in [0, 0.05) is 11.3 Å². The zero-order chi connectivity index (χ0) is 18.0. The molecule has 1 N–H and O–H groups in total. The van der Waals surface area contributed by atoms with E-state index in [-0.39, 0.29) is 5.91 Å². The van der Waals surface area contributed by atoms with E-state index in [1.54, 1.807) is 30.6 Å². The van der Waals surface area contributed by atoms with Crippen molar-refractivity contribution < 1.29 is 14.3 Å². The largest absolute Gasteiger partial charge is 0.493 e. The van der Waals surface area contributed by atoms with E-state index in [1.807, 2.05) is 32.0 Å². The molecule has 5 nitrogen and oxygen atoms in total. The second-order valence-corrected chi connectivity index (χ2v) is 7.38. The van der Waals surface area contributed by atoms with Crippen LogP contribution in [0.2, 0.25) is 0 Å². The second-order valence-electron chi connectivity index (χ2n) is 5.29. The van der Waals surface area contributed by atoms with Crippen molar-refractivity contribution in [1.29, 1.82) is 0 Å². The summed E-state index contributed by atoms with van der Waals surface area (Å²) in [5, 5.41) is 3.91. The third kappa shape index (κ3) is 3.77. The fraction of sp³-hybridized carbons (Fsp3) is 0.222. The number of methoxy groups -OCH3 is 1. The maximum absolute atomic E-state index is 12.6. The summed E-state index contributed by atoms with van der Waals surface area (Å²) in [6, 6.07) is 9.07. The topological polar surface area (TPSA) is 60.5 Å². The lowest BCUT2D eigenvalue weighted by Gasteiger charge is -2.13. The van der Waals surface area contributed by atoms with Crippen LogP contribution in [0.3, 0.4) is 0 Å². The molecule has 0 saturated carbocycles. The van der Waals surface area contributed by atoms with E-state index in [0.29, 0.717) is 28.1 Å². The van der Waals surface area contributed by atoms with Crippen molar-refractivity contribution in [2.45, 2.75) is 13.8 Å². The van der Waals surface area contributed by atoms with Gasteiger partial charge in [0.15, 0.2) is 11.5 Å². The smallest absolute Gasteiger partial charge is 0.255 e. The van der Waals surface area contributed by atoms with E-state index in [1.165, 1.54) is 0 Å². The van der Waals surface area contributed by atoms with Gasteiger partial charge in [0.05, 0.1) is 33.4 Å². The average molecular weight is 421 g/mol. The summed E-state index contributed by atoms with van der Waals surface area (Å²) in [6.07, 6.45) is 0. The van der Waals surface area contributed by atoms with Gasteiger partial charge in [0.2, 0.25) is 0 Å². The molecule has 0 aliphatic heterocycles. The number of carbonyl (C=O) groups is 1. The molecule has 3 rings (SSSR count). The molecule has 0 aliphatic carbocycles. The van der Waals surface area contributed by atoms with Gasteiger partial charge in [-0.3, -0.25) is 4.79 Å². The lowest BCUT2D eigenvalue weighted by molar-refractivity contribution is 0.102. The quantitative estimate of drug-likeness (QED) is 0.628. The molecule has 25 heavy (non-hydrogen) atoms. The van der Waals surface area contributed by atoms with E-state index in [2.05, 4.69) is 26.2 Å². The monoisotopic (exact) mass is 420 g/mol. The predicted octanol–water partition coefficient (Wildman–Crippen LogP) is 5.03. The molecule has 0 bridgehead atoms. The molecule has 0 spiro atoms. The SMILES string of the molecule is CCOc1c(Br)cc(C(=O)Nc2ccc3nc(C)sc3c2)cc1OC. The molecule has 3 aromatic rings. The van der Waals surface area contributed by atoms with Gasteiger partial charge >= 0.3 is 0 Å². The molecule has 0 fully saturated rings. The standard InChI is InChI=1S/C18H17BrN2O3S/c1-4-24-17-13(19)7-11(8-15(17)23-3)18(22)21-12-5-6-14-16(9-12)25-10(2)20-14/h5-9H,4H2,1-3H3,(H,21,22). The fourth-order valence-electron chi connectivity index (χ4n) is 2.46. The van der Waals surface area contributed by atoms with Crippen LogP contribution in [0, 0.1) is 6.92 Å². The number of thiazole rings is 1. The normalized spacial score (nSPS) is 10.7. The number of nitrogens with one attached hydrogen (secondary N) is 1. The number of ether oxygens (including phenoxy) is 2. The van der Waals surface area contributed by atoms with Crippen LogP contribution in [0.25, 0.3) is 10.2 Å². The van der Waals surface area contributed by atoms with E-state index >= 15 is 0 Å². The molecule has 1 heterocycles. The van der Waals surface area contributed by atoms with Crippen molar-refractivity contribution in [1.82, 2.24) is 4.98 Å². The summed E-state index contributed by atoms with van der Waals surface area (Å²) in [5.41, 5.74) is 2.14. The van der Waals surface area contributed by atoms with Gasteiger partial charge in [-0.2, -0.15) is 0 Å². The number of aryl methyl sites for hydroxylation is 1. The summed E-state index contributed by atoms with van der Waals surface area (Å²) in [7, 11) is 1.55. The summed E-state index contributed by atoms with van der Waals surface area (Å²) in [6.45, 7) is 4.37. The molecular formula is C18H17BrN2O3S. The highest BCUT2D eigenvalue weighted by Crippen LogP contribution is 2.37. The van der Waals surface area contributed by atoms with Crippen molar-refractivity contribution in [3.63, 3.8) is 0 Å². The maximum atomic E-state index is 12.6. The van der Waals surface area contributed by atoms with Gasteiger partial charge in [0.1, 0.15) is 0 Å². The molecule has 2 aromatic carbocycles. The third-order valence-electron chi connectivity index (χ3n) is 3.53. The lowest BCUT2D eigenvalue weighted by atomic mass is 10.1. The number of rotatable bonds is 5. The van der Waals surface area contributed by atoms with Crippen LogP contribution in [-0.4, -0.2) is 24.6 Å². The second kappa shape index (κ2) is 7.41. The molecule has 130 valence electrons. The number of carbonyl (C=O) groups excluding carboxylic acids is 1. The maximum Gasteiger partial charge on any atom is 0.255 e. The van der Waals surface area contributed by atoms with Crippen LogP contribution >= 0.6 is 27.3 Å².